The van der Waals surface area contributed by atoms with Crippen molar-refractivity contribution in [3.8, 4) is 11.5 Å². The number of rotatable bonds is 6. The summed E-state index contributed by atoms with van der Waals surface area (Å²) >= 11 is 0. The third kappa shape index (κ3) is 4.17. The predicted molar refractivity (Wildman–Crippen MR) is 88.4 cm³/mol. The molecule has 2 aliphatic rings. The average molecular weight is 334 g/mol. The highest BCUT2D eigenvalue weighted by molar-refractivity contribution is 5.94. The molecule has 1 aromatic carbocycles. The molecule has 1 saturated carbocycles. The smallest absolute Gasteiger partial charge is 0.282 e. The van der Waals surface area contributed by atoms with Gasteiger partial charge in [-0.05, 0) is 31.9 Å². The summed E-state index contributed by atoms with van der Waals surface area (Å²) in [6, 6.07) is 5.32. The number of carbonyl (C=O) groups excluding carboxylic acids is 2. The molecular weight excluding hydrogens is 310 g/mol. The van der Waals surface area contributed by atoms with Gasteiger partial charge in [-0.3, -0.25) is 9.59 Å². The normalized spacial score (nSPS) is 18.4. The Morgan fingerprint density at radius 1 is 1.25 bits per heavy atom. The van der Waals surface area contributed by atoms with Crippen LogP contribution < -0.4 is 25.0 Å². The largest absolute Gasteiger partial charge is 0.486 e. The second kappa shape index (κ2) is 7.09. The molecule has 0 saturated heterocycles. The number of likely N-dealkylation sites (N-methyl/N-ethyl adjacent to an activating group) is 1. The maximum Gasteiger partial charge on any atom is 0.282 e. The lowest BCUT2D eigenvalue weighted by molar-refractivity contribution is -0.885. The van der Waals surface area contributed by atoms with E-state index in [0.29, 0.717) is 36.4 Å². The molecule has 0 spiro atoms. The van der Waals surface area contributed by atoms with Gasteiger partial charge in [0.25, 0.3) is 11.8 Å². The lowest BCUT2D eigenvalue weighted by Crippen LogP contribution is -3.15. The summed E-state index contributed by atoms with van der Waals surface area (Å²) in [5.74, 6) is 1.18. The Morgan fingerprint density at radius 2 is 1.96 bits per heavy atom. The Hall–Kier alpha value is -2.28. The van der Waals surface area contributed by atoms with Crippen molar-refractivity contribution in [1.29, 1.82) is 0 Å². The molecule has 3 N–H and O–H groups in total. The van der Waals surface area contributed by atoms with E-state index < -0.39 is 0 Å². The number of hydrogen-bond acceptors (Lipinski definition) is 4. The molecule has 1 aliphatic heterocycles. The number of quaternary nitrogens is 1. The van der Waals surface area contributed by atoms with Crippen molar-refractivity contribution in [3.63, 3.8) is 0 Å². The van der Waals surface area contributed by atoms with Crippen LogP contribution in [0.25, 0.3) is 0 Å². The summed E-state index contributed by atoms with van der Waals surface area (Å²) in [4.78, 5) is 25.1. The monoisotopic (exact) mass is 334 g/mol. The third-order valence-electron chi connectivity index (χ3n) is 4.32. The summed E-state index contributed by atoms with van der Waals surface area (Å²) in [6.07, 6.45) is 2.12. The van der Waals surface area contributed by atoms with Gasteiger partial charge in [-0.2, -0.15) is 0 Å². The van der Waals surface area contributed by atoms with Crippen LogP contribution in [0.3, 0.4) is 0 Å². The van der Waals surface area contributed by atoms with Crippen LogP contribution in [-0.2, 0) is 9.59 Å². The van der Waals surface area contributed by atoms with Crippen LogP contribution in [-0.4, -0.2) is 50.7 Å². The Balaban J connectivity index is 1.54. The van der Waals surface area contributed by atoms with E-state index in [1.165, 1.54) is 0 Å². The third-order valence-corrected chi connectivity index (χ3v) is 4.32. The van der Waals surface area contributed by atoms with Gasteiger partial charge in [-0.15, -0.1) is 0 Å². The van der Waals surface area contributed by atoms with Gasteiger partial charge < -0.3 is 25.0 Å². The number of ether oxygens (including phenoxy) is 2. The first kappa shape index (κ1) is 16.6. The summed E-state index contributed by atoms with van der Waals surface area (Å²) in [5, 5.41) is 5.81. The van der Waals surface area contributed by atoms with E-state index in [1.807, 2.05) is 14.0 Å². The highest BCUT2D eigenvalue weighted by Gasteiger charge is 2.28. The number of anilines is 1. The van der Waals surface area contributed by atoms with Crippen molar-refractivity contribution in [2.24, 2.45) is 0 Å². The highest BCUT2D eigenvalue weighted by Crippen LogP contribution is 2.32. The van der Waals surface area contributed by atoms with Crippen LogP contribution in [0.2, 0.25) is 0 Å². The number of fused-ring (bicyclic) bond motifs is 1. The van der Waals surface area contributed by atoms with Crippen LogP contribution in [0.4, 0.5) is 5.69 Å². The Labute approximate surface area is 141 Å². The minimum absolute atomic E-state index is 0.00557. The Kier molecular flexibility index (Phi) is 4.89. The van der Waals surface area contributed by atoms with Gasteiger partial charge in [-0.1, -0.05) is 0 Å². The van der Waals surface area contributed by atoms with E-state index in [1.54, 1.807) is 18.2 Å². The van der Waals surface area contributed by atoms with Gasteiger partial charge in [0.1, 0.15) is 13.2 Å². The molecule has 1 aromatic rings. The van der Waals surface area contributed by atoms with E-state index in [9.17, 15) is 9.59 Å². The van der Waals surface area contributed by atoms with E-state index in [2.05, 4.69) is 10.6 Å². The van der Waals surface area contributed by atoms with Crippen LogP contribution >= 0.6 is 0 Å². The topological polar surface area (TPSA) is 81.1 Å². The molecule has 0 radical (unpaired) electrons. The lowest BCUT2D eigenvalue weighted by Gasteiger charge is -2.22. The number of hydrogen-bond donors (Lipinski definition) is 3. The molecule has 7 heteroatoms. The zero-order valence-corrected chi connectivity index (χ0v) is 14.1. The van der Waals surface area contributed by atoms with Crippen molar-refractivity contribution < 1.29 is 24.0 Å². The summed E-state index contributed by atoms with van der Waals surface area (Å²) in [7, 11) is 1.85. The van der Waals surface area contributed by atoms with Gasteiger partial charge in [0.15, 0.2) is 24.1 Å². The number of nitrogens with one attached hydrogen (secondary N) is 3. The lowest BCUT2D eigenvalue weighted by atomic mass is 10.2. The van der Waals surface area contributed by atoms with E-state index in [-0.39, 0.29) is 24.4 Å². The summed E-state index contributed by atoms with van der Waals surface area (Å²) in [6.45, 7) is 3.13. The molecule has 24 heavy (non-hydrogen) atoms. The summed E-state index contributed by atoms with van der Waals surface area (Å²) in [5.41, 5.74) is 0.659. The van der Waals surface area contributed by atoms with Crippen LogP contribution in [0.5, 0.6) is 11.5 Å². The molecule has 2 atom stereocenters. The predicted octanol–water partition coefficient (Wildman–Crippen LogP) is -0.422. The fourth-order valence-electron chi connectivity index (χ4n) is 2.51. The molecule has 1 unspecified atom stereocenters. The molecule has 0 bridgehead atoms. The standard InChI is InChI=1S/C17H23N3O4/c1-11(20(2)10-16(21)18-12-3-4-12)17(22)19-13-5-6-14-15(9-13)24-8-7-23-14/h5-6,9,11-12H,3-4,7-8,10H2,1-2H3,(H,18,21)(H,19,22)/p+1/t11-/m1/s1. The first-order valence-corrected chi connectivity index (χ1v) is 8.35. The molecule has 7 nitrogen and oxygen atoms in total. The Bertz CT molecular complexity index is 630. The zero-order valence-electron chi connectivity index (χ0n) is 14.1. The average Bonchev–Trinajstić information content (AvgIpc) is 3.37. The molecule has 2 amide bonds. The minimum Gasteiger partial charge on any atom is -0.486 e. The molecule has 130 valence electrons. The van der Waals surface area contributed by atoms with Crippen LogP contribution in [0, 0.1) is 0 Å². The van der Waals surface area contributed by atoms with Crippen LogP contribution in [0.15, 0.2) is 18.2 Å². The van der Waals surface area contributed by atoms with Crippen molar-refractivity contribution in [1.82, 2.24) is 5.32 Å². The maximum atomic E-state index is 12.4. The molecule has 3 rings (SSSR count). The molecule has 1 aliphatic carbocycles. The molecule has 1 heterocycles. The van der Waals surface area contributed by atoms with E-state index >= 15 is 0 Å². The van der Waals surface area contributed by atoms with Crippen LogP contribution in [0.1, 0.15) is 19.8 Å². The second-order valence-electron chi connectivity index (χ2n) is 6.43. The SMILES string of the molecule is C[C@H](C(=O)Nc1ccc2c(c1)OCCO2)[NH+](C)CC(=O)NC1CC1. The van der Waals surface area contributed by atoms with Crippen molar-refractivity contribution in [2.75, 3.05) is 32.1 Å². The quantitative estimate of drug-likeness (QED) is 0.660. The van der Waals surface area contributed by atoms with Gasteiger partial charge in [0.2, 0.25) is 0 Å². The second-order valence-corrected chi connectivity index (χ2v) is 6.43. The van der Waals surface area contributed by atoms with Crippen molar-refractivity contribution in [2.45, 2.75) is 31.8 Å². The van der Waals surface area contributed by atoms with E-state index in [0.717, 1.165) is 17.7 Å². The van der Waals surface area contributed by atoms with Crippen molar-refractivity contribution in [3.05, 3.63) is 18.2 Å². The zero-order chi connectivity index (χ0) is 17.1. The van der Waals surface area contributed by atoms with E-state index in [4.69, 9.17) is 9.47 Å². The highest BCUT2D eigenvalue weighted by atomic mass is 16.6. The van der Waals surface area contributed by atoms with Gasteiger partial charge >= 0.3 is 0 Å². The number of carbonyl (C=O) groups is 2. The maximum absolute atomic E-state index is 12.4. The fraction of sp³-hybridized carbons (Fsp3) is 0.529. The van der Waals surface area contributed by atoms with Gasteiger partial charge in [0.05, 0.1) is 7.05 Å². The summed E-state index contributed by atoms with van der Waals surface area (Å²) < 4.78 is 11.0. The molecule has 1 fully saturated rings. The molecular formula is C17H24N3O4+. The first-order valence-electron chi connectivity index (χ1n) is 8.35. The fourth-order valence-corrected chi connectivity index (χ4v) is 2.51. The molecule has 0 aromatic heterocycles. The Morgan fingerprint density at radius 3 is 2.67 bits per heavy atom. The van der Waals surface area contributed by atoms with Gasteiger partial charge in [-0.25, -0.2) is 0 Å². The van der Waals surface area contributed by atoms with Crippen molar-refractivity contribution >= 4 is 17.5 Å². The number of benzene rings is 1. The van der Waals surface area contributed by atoms with Gasteiger partial charge in [0, 0.05) is 17.8 Å². The minimum atomic E-state index is -0.344. The number of amides is 2. The first-order chi connectivity index (χ1) is 11.5.